The maximum atomic E-state index is 3.62. The zero-order chi connectivity index (χ0) is 15.0. The number of benzene rings is 1. The van der Waals surface area contributed by atoms with Gasteiger partial charge in [-0.2, -0.15) is 0 Å². The van der Waals surface area contributed by atoms with Crippen LogP contribution in [0.4, 0.5) is 0 Å². The van der Waals surface area contributed by atoms with Gasteiger partial charge in [0.25, 0.3) is 0 Å². The van der Waals surface area contributed by atoms with Gasteiger partial charge in [0, 0.05) is 10.5 Å². The highest BCUT2D eigenvalue weighted by Gasteiger charge is 2.14. The number of rotatable bonds is 9. The van der Waals surface area contributed by atoms with Crippen LogP contribution in [0.2, 0.25) is 0 Å². The van der Waals surface area contributed by atoms with Crippen molar-refractivity contribution in [1.82, 2.24) is 5.32 Å². The van der Waals surface area contributed by atoms with Crippen LogP contribution >= 0.6 is 15.9 Å². The predicted octanol–water partition coefficient (Wildman–Crippen LogP) is 5.43. The average molecular weight is 340 g/mol. The molecule has 0 heterocycles. The van der Waals surface area contributed by atoms with Crippen molar-refractivity contribution in [3.05, 3.63) is 34.3 Å². The monoisotopic (exact) mass is 339 g/mol. The Hall–Kier alpha value is -0.340. The minimum atomic E-state index is 0.573. The Morgan fingerprint density at radius 3 is 2.30 bits per heavy atom. The van der Waals surface area contributed by atoms with Crippen LogP contribution in [0.25, 0.3) is 0 Å². The fourth-order valence-corrected chi connectivity index (χ4v) is 3.04. The number of nitrogens with one attached hydrogen (secondary N) is 1. The van der Waals surface area contributed by atoms with E-state index in [2.05, 4.69) is 73.2 Å². The molecule has 20 heavy (non-hydrogen) atoms. The summed E-state index contributed by atoms with van der Waals surface area (Å²) >= 11 is 3.51. The molecule has 0 fully saturated rings. The molecule has 2 heteroatoms. The number of halogens is 1. The van der Waals surface area contributed by atoms with Gasteiger partial charge < -0.3 is 5.32 Å². The van der Waals surface area contributed by atoms with Gasteiger partial charge in [-0.1, -0.05) is 68.6 Å². The highest BCUT2D eigenvalue weighted by atomic mass is 79.9. The molecule has 1 aromatic rings. The molecule has 2 atom stereocenters. The normalized spacial score (nSPS) is 14.5. The highest BCUT2D eigenvalue weighted by molar-refractivity contribution is 9.10. The molecule has 2 unspecified atom stereocenters. The van der Waals surface area contributed by atoms with Gasteiger partial charge in [-0.3, -0.25) is 0 Å². The summed E-state index contributed by atoms with van der Waals surface area (Å²) in [6.45, 7) is 10.3. The second-order valence-corrected chi connectivity index (χ2v) is 7.30. The van der Waals surface area contributed by atoms with E-state index >= 15 is 0 Å². The summed E-state index contributed by atoms with van der Waals surface area (Å²) in [4.78, 5) is 0. The topological polar surface area (TPSA) is 12.0 Å². The fraction of sp³-hybridized carbons (Fsp3) is 0.667. The van der Waals surface area contributed by atoms with Crippen LogP contribution in [0.3, 0.4) is 0 Å². The van der Waals surface area contributed by atoms with E-state index in [1.165, 1.54) is 31.2 Å². The maximum absolute atomic E-state index is 3.62. The average Bonchev–Trinajstić information content (AvgIpc) is 2.39. The Balaban J connectivity index is 2.58. The lowest BCUT2D eigenvalue weighted by molar-refractivity contribution is 0.345. The largest absolute Gasteiger partial charge is 0.314 e. The molecule has 0 spiro atoms. The van der Waals surface area contributed by atoms with Crippen molar-refractivity contribution in [3.8, 4) is 0 Å². The lowest BCUT2D eigenvalue weighted by Crippen LogP contribution is -2.30. The van der Waals surface area contributed by atoms with Crippen LogP contribution in [0.1, 0.15) is 52.5 Å². The van der Waals surface area contributed by atoms with Crippen LogP contribution in [-0.4, -0.2) is 12.6 Å². The van der Waals surface area contributed by atoms with Gasteiger partial charge in [0.1, 0.15) is 0 Å². The van der Waals surface area contributed by atoms with Crippen molar-refractivity contribution in [2.45, 2.75) is 59.4 Å². The summed E-state index contributed by atoms with van der Waals surface area (Å²) in [5.74, 6) is 1.56. The summed E-state index contributed by atoms with van der Waals surface area (Å²) in [7, 11) is 0. The van der Waals surface area contributed by atoms with Gasteiger partial charge >= 0.3 is 0 Å². The van der Waals surface area contributed by atoms with Gasteiger partial charge in [-0.05, 0) is 48.9 Å². The number of hydrogen-bond acceptors (Lipinski definition) is 1. The second kappa shape index (κ2) is 9.57. The van der Waals surface area contributed by atoms with Crippen LogP contribution in [0.15, 0.2) is 28.7 Å². The maximum Gasteiger partial charge on any atom is 0.0175 e. The van der Waals surface area contributed by atoms with Gasteiger partial charge in [0.05, 0.1) is 0 Å². The molecule has 0 aromatic heterocycles. The van der Waals surface area contributed by atoms with Gasteiger partial charge in [-0.15, -0.1) is 0 Å². The molecular formula is C18H30BrN. The van der Waals surface area contributed by atoms with E-state index in [-0.39, 0.29) is 0 Å². The van der Waals surface area contributed by atoms with Crippen LogP contribution in [0, 0.1) is 11.8 Å². The molecule has 0 aliphatic heterocycles. The standard InChI is InChI=1S/C18H30BrN/c1-5-6-15(4)11-17(13-20-14(2)3)12-16-7-9-18(19)10-8-16/h7-10,14-15,17,20H,5-6,11-13H2,1-4H3. The Bertz CT molecular complexity index is 358. The zero-order valence-corrected chi connectivity index (χ0v) is 15.0. The molecule has 0 saturated carbocycles. The molecule has 1 aromatic carbocycles. The van der Waals surface area contributed by atoms with Crippen LogP contribution < -0.4 is 5.32 Å². The molecule has 0 bridgehead atoms. The Kier molecular flexibility index (Phi) is 8.47. The van der Waals surface area contributed by atoms with Crippen molar-refractivity contribution in [2.24, 2.45) is 11.8 Å². The second-order valence-electron chi connectivity index (χ2n) is 6.39. The quantitative estimate of drug-likeness (QED) is 0.632. The summed E-state index contributed by atoms with van der Waals surface area (Å²) < 4.78 is 1.16. The molecule has 1 nitrogen and oxygen atoms in total. The van der Waals surface area contributed by atoms with E-state index in [1.807, 2.05) is 0 Å². The first-order chi connectivity index (χ1) is 9.51. The minimum Gasteiger partial charge on any atom is -0.314 e. The lowest BCUT2D eigenvalue weighted by Gasteiger charge is -2.23. The molecule has 0 saturated heterocycles. The summed E-state index contributed by atoms with van der Waals surface area (Å²) in [6.07, 6.45) is 5.15. The van der Waals surface area contributed by atoms with E-state index < -0.39 is 0 Å². The smallest absolute Gasteiger partial charge is 0.0175 e. The third-order valence-electron chi connectivity index (χ3n) is 3.77. The molecule has 0 amide bonds. The molecule has 0 aliphatic carbocycles. The first kappa shape index (κ1) is 17.7. The predicted molar refractivity (Wildman–Crippen MR) is 93.2 cm³/mol. The van der Waals surface area contributed by atoms with E-state index in [1.54, 1.807) is 0 Å². The lowest BCUT2D eigenvalue weighted by atomic mass is 9.88. The summed E-state index contributed by atoms with van der Waals surface area (Å²) in [6, 6.07) is 9.37. The first-order valence-corrected chi connectivity index (χ1v) is 8.78. The Morgan fingerprint density at radius 1 is 1.10 bits per heavy atom. The highest BCUT2D eigenvalue weighted by Crippen LogP contribution is 2.21. The van der Waals surface area contributed by atoms with E-state index in [4.69, 9.17) is 0 Å². The zero-order valence-electron chi connectivity index (χ0n) is 13.5. The van der Waals surface area contributed by atoms with Gasteiger partial charge in [0.15, 0.2) is 0 Å². The molecule has 0 aliphatic rings. The Morgan fingerprint density at radius 2 is 1.75 bits per heavy atom. The first-order valence-electron chi connectivity index (χ1n) is 7.99. The van der Waals surface area contributed by atoms with Gasteiger partial charge in [-0.25, -0.2) is 0 Å². The van der Waals surface area contributed by atoms with E-state index in [0.717, 1.165) is 22.9 Å². The van der Waals surface area contributed by atoms with Crippen LogP contribution in [0.5, 0.6) is 0 Å². The summed E-state index contributed by atoms with van der Waals surface area (Å²) in [5, 5.41) is 3.62. The fourth-order valence-electron chi connectivity index (χ4n) is 2.77. The molecule has 1 N–H and O–H groups in total. The van der Waals surface area contributed by atoms with E-state index in [0.29, 0.717) is 6.04 Å². The number of hydrogen-bond donors (Lipinski definition) is 1. The van der Waals surface area contributed by atoms with E-state index in [9.17, 15) is 0 Å². The van der Waals surface area contributed by atoms with Crippen molar-refractivity contribution < 1.29 is 0 Å². The third kappa shape index (κ3) is 7.44. The van der Waals surface area contributed by atoms with Crippen LogP contribution in [-0.2, 0) is 6.42 Å². The van der Waals surface area contributed by atoms with Gasteiger partial charge in [0.2, 0.25) is 0 Å². The van der Waals surface area contributed by atoms with Crippen molar-refractivity contribution in [3.63, 3.8) is 0 Å². The summed E-state index contributed by atoms with van der Waals surface area (Å²) in [5.41, 5.74) is 1.45. The SMILES string of the molecule is CCCC(C)CC(CNC(C)C)Cc1ccc(Br)cc1. The Labute approximate surface area is 133 Å². The third-order valence-corrected chi connectivity index (χ3v) is 4.30. The molecule has 1 rings (SSSR count). The van der Waals surface area contributed by atoms with Crippen molar-refractivity contribution >= 4 is 15.9 Å². The molecule has 0 radical (unpaired) electrons. The molecular weight excluding hydrogens is 310 g/mol. The minimum absolute atomic E-state index is 0.573. The van der Waals surface area contributed by atoms with Crippen molar-refractivity contribution in [1.29, 1.82) is 0 Å². The molecule has 114 valence electrons. The van der Waals surface area contributed by atoms with Crippen molar-refractivity contribution in [2.75, 3.05) is 6.54 Å².